The van der Waals surface area contributed by atoms with Gasteiger partial charge >= 0.3 is 0 Å². The number of para-hydroxylation sites is 1. The zero-order valence-corrected chi connectivity index (χ0v) is 13.4. The average molecular weight is 310 g/mol. The summed E-state index contributed by atoms with van der Waals surface area (Å²) in [4.78, 5) is 14.3. The monoisotopic (exact) mass is 310 g/mol. The Balaban J connectivity index is 1.47. The Morgan fingerprint density at radius 1 is 1.22 bits per heavy atom. The van der Waals surface area contributed by atoms with Gasteiger partial charge in [-0.15, -0.1) is 0 Å². The lowest BCUT2D eigenvalue weighted by Gasteiger charge is -2.18. The molecule has 4 nitrogen and oxygen atoms in total. The highest BCUT2D eigenvalue weighted by atomic mass is 16.5. The Bertz CT molecular complexity index is 685. The Kier molecular flexibility index (Phi) is 4.81. The molecule has 0 unspecified atom stereocenters. The number of anilines is 1. The number of benzene rings is 2. The Hall–Kier alpha value is -2.49. The molecule has 120 valence electrons. The van der Waals surface area contributed by atoms with E-state index in [0.29, 0.717) is 13.1 Å². The molecule has 2 aromatic rings. The molecule has 1 aliphatic heterocycles. The van der Waals surface area contributed by atoms with Crippen molar-refractivity contribution >= 4 is 11.6 Å². The second-order valence-corrected chi connectivity index (χ2v) is 5.75. The van der Waals surface area contributed by atoms with E-state index in [2.05, 4.69) is 28.4 Å². The number of nitrogens with zero attached hydrogens (tertiary/aromatic N) is 1. The highest BCUT2D eigenvalue weighted by Crippen LogP contribution is 2.26. The van der Waals surface area contributed by atoms with Crippen molar-refractivity contribution in [3.05, 3.63) is 59.7 Å². The Morgan fingerprint density at radius 3 is 2.96 bits per heavy atom. The molecule has 3 rings (SSSR count). The number of ether oxygens (including phenoxy) is 1. The maximum atomic E-state index is 12.1. The minimum Gasteiger partial charge on any atom is -0.497 e. The third kappa shape index (κ3) is 3.83. The predicted molar refractivity (Wildman–Crippen MR) is 92.1 cm³/mol. The molecule has 4 heteroatoms. The summed E-state index contributed by atoms with van der Waals surface area (Å²) < 4.78 is 5.21. The van der Waals surface area contributed by atoms with E-state index in [0.717, 1.165) is 30.7 Å². The van der Waals surface area contributed by atoms with Gasteiger partial charge in [-0.25, -0.2) is 0 Å². The second kappa shape index (κ2) is 7.18. The standard InChI is InChI=1S/C19H22N2O2/c1-23-17-7-4-5-15(13-17)9-11-20-19(22)14-21-12-10-16-6-2-3-8-18(16)21/h2-8,13H,9-12,14H2,1H3,(H,20,22). The zero-order valence-electron chi connectivity index (χ0n) is 13.4. The van der Waals surface area contributed by atoms with Gasteiger partial charge in [-0.05, 0) is 42.2 Å². The van der Waals surface area contributed by atoms with Gasteiger partial charge in [-0.3, -0.25) is 4.79 Å². The van der Waals surface area contributed by atoms with E-state index in [1.54, 1.807) is 7.11 Å². The molecule has 1 amide bonds. The van der Waals surface area contributed by atoms with E-state index in [-0.39, 0.29) is 5.91 Å². The topological polar surface area (TPSA) is 41.6 Å². The van der Waals surface area contributed by atoms with E-state index in [1.165, 1.54) is 11.3 Å². The first-order valence-electron chi connectivity index (χ1n) is 7.99. The lowest BCUT2D eigenvalue weighted by molar-refractivity contribution is -0.119. The van der Waals surface area contributed by atoms with Crippen LogP contribution in [0.25, 0.3) is 0 Å². The van der Waals surface area contributed by atoms with Gasteiger partial charge in [0.15, 0.2) is 0 Å². The quantitative estimate of drug-likeness (QED) is 0.891. The summed E-state index contributed by atoms with van der Waals surface area (Å²) in [7, 11) is 1.66. The van der Waals surface area contributed by atoms with Gasteiger partial charge in [0, 0.05) is 18.8 Å². The number of carbonyl (C=O) groups is 1. The lowest BCUT2D eigenvalue weighted by atomic mass is 10.1. The van der Waals surface area contributed by atoms with Crippen molar-refractivity contribution in [1.29, 1.82) is 0 Å². The third-order valence-electron chi connectivity index (χ3n) is 4.19. The van der Waals surface area contributed by atoms with Crippen molar-refractivity contribution in [3.8, 4) is 5.75 Å². The van der Waals surface area contributed by atoms with E-state index >= 15 is 0 Å². The van der Waals surface area contributed by atoms with Crippen LogP contribution in [0.15, 0.2) is 48.5 Å². The van der Waals surface area contributed by atoms with Crippen LogP contribution in [0.1, 0.15) is 11.1 Å². The number of rotatable bonds is 6. The molecule has 2 aromatic carbocycles. The van der Waals surface area contributed by atoms with Crippen LogP contribution in [0.4, 0.5) is 5.69 Å². The van der Waals surface area contributed by atoms with Crippen molar-refractivity contribution < 1.29 is 9.53 Å². The van der Waals surface area contributed by atoms with Crippen molar-refractivity contribution in [2.75, 3.05) is 31.6 Å². The van der Waals surface area contributed by atoms with Crippen LogP contribution in [0, 0.1) is 0 Å². The smallest absolute Gasteiger partial charge is 0.239 e. The van der Waals surface area contributed by atoms with Crippen LogP contribution in [-0.2, 0) is 17.6 Å². The number of carbonyl (C=O) groups excluding carboxylic acids is 1. The second-order valence-electron chi connectivity index (χ2n) is 5.75. The molecule has 0 radical (unpaired) electrons. The van der Waals surface area contributed by atoms with Crippen LogP contribution >= 0.6 is 0 Å². The van der Waals surface area contributed by atoms with Crippen molar-refractivity contribution in [2.45, 2.75) is 12.8 Å². The number of hydrogen-bond donors (Lipinski definition) is 1. The predicted octanol–water partition coefficient (Wildman–Crippen LogP) is 2.42. The fourth-order valence-corrected chi connectivity index (χ4v) is 2.97. The Labute approximate surface area is 137 Å². The van der Waals surface area contributed by atoms with Gasteiger partial charge in [0.25, 0.3) is 0 Å². The number of methoxy groups -OCH3 is 1. The van der Waals surface area contributed by atoms with E-state index in [4.69, 9.17) is 4.74 Å². The van der Waals surface area contributed by atoms with Crippen LogP contribution in [0.5, 0.6) is 5.75 Å². The molecule has 1 N–H and O–H groups in total. The largest absolute Gasteiger partial charge is 0.497 e. The summed E-state index contributed by atoms with van der Waals surface area (Å²) in [6, 6.07) is 16.2. The lowest BCUT2D eigenvalue weighted by Crippen LogP contribution is -2.37. The van der Waals surface area contributed by atoms with E-state index in [9.17, 15) is 4.79 Å². The average Bonchev–Trinajstić information content (AvgIpc) is 2.98. The first-order chi connectivity index (χ1) is 11.3. The third-order valence-corrected chi connectivity index (χ3v) is 4.19. The van der Waals surface area contributed by atoms with Crippen LogP contribution in [-0.4, -0.2) is 32.7 Å². The van der Waals surface area contributed by atoms with Crippen molar-refractivity contribution in [2.24, 2.45) is 0 Å². The minimum absolute atomic E-state index is 0.0737. The molecular formula is C19H22N2O2. The van der Waals surface area contributed by atoms with Gasteiger partial charge in [-0.2, -0.15) is 0 Å². The number of amides is 1. The van der Waals surface area contributed by atoms with Gasteiger partial charge in [0.05, 0.1) is 13.7 Å². The summed E-state index contributed by atoms with van der Waals surface area (Å²) >= 11 is 0. The molecule has 0 spiro atoms. The molecule has 0 saturated carbocycles. The molecule has 1 heterocycles. The molecule has 0 saturated heterocycles. The minimum atomic E-state index is 0.0737. The highest BCUT2D eigenvalue weighted by molar-refractivity contribution is 5.82. The molecule has 0 aromatic heterocycles. The van der Waals surface area contributed by atoms with Gasteiger partial charge in [-0.1, -0.05) is 30.3 Å². The summed E-state index contributed by atoms with van der Waals surface area (Å²) in [6.45, 7) is 1.99. The van der Waals surface area contributed by atoms with Gasteiger partial charge < -0.3 is 15.0 Å². The first kappa shape index (κ1) is 15.4. The summed E-state index contributed by atoms with van der Waals surface area (Å²) in [6.07, 6.45) is 1.83. The van der Waals surface area contributed by atoms with Crippen LogP contribution in [0.2, 0.25) is 0 Å². The molecular weight excluding hydrogens is 288 g/mol. The Morgan fingerprint density at radius 2 is 2.09 bits per heavy atom. The maximum Gasteiger partial charge on any atom is 0.239 e. The van der Waals surface area contributed by atoms with Crippen LogP contribution < -0.4 is 15.0 Å². The highest BCUT2D eigenvalue weighted by Gasteiger charge is 2.20. The van der Waals surface area contributed by atoms with Crippen LogP contribution in [0.3, 0.4) is 0 Å². The molecule has 23 heavy (non-hydrogen) atoms. The molecule has 0 bridgehead atoms. The first-order valence-corrected chi connectivity index (χ1v) is 7.99. The zero-order chi connectivity index (χ0) is 16.1. The number of nitrogens with one attached hydrogen (secondary N) is 1. The SMILES string of the molecule is COc1cccc(CCNC(=O)CN2CCc3ccccc32)c1. The summed E-state index contributed by atoms with van der Waals surface area (Å²) in [5.41, 5.74) is 3.68. The normalized spacial score (nSPS) is 12.8. The molecule has 0 atom stereocenters. The molecule has 0 fully saturated rings. The van der Waals surface area contributed by atoms with Crippen molar-refractivity contribution in [1.82, 2.24) is 5.32 Å². The summed E-state index contributed by atoms with van der Waals surface area (Å²) in [5, 5.41) is 3.00. The molecule has 0 aliphatic carbocycles. The maximum absolute atomic E-state index is 12.1. The van der Waals surface area contributed by atoms with Gasteiger partial charge in [0.1, 0.15) is 5.75 Å². The molecule has 1 aliphatic rings. The van der Waals surface area contributed by atoms with E-state index < -0.39 is 0 Å². The summed E-state index contributed by atoms with van der Waals surface area (Å²) in [5.74, 6) is 0.923. The van der Waals surface area contributed by atoms with E-state index in [1.807, 2.05) is 30.3 Å². The van der Waals surface area contributed by atoms with Gasteiger partial charge in [0.2, 0.25) is 5.91 Å². The van der Waals surface area contributed by atoms with Crippen molar-refractivity contribution in [3.63, 3.8) is 0 Å². The fraction of sp³-hybridized carbons (Fsp3) is 0.316. The number of fused-ring (bicyclic) bond motifs is 1. The fourth-order valence-electron chi connectivity index (χ4n) is 2.97. The number of hydrogen-bond acceptors (Lipinski definition) is 3.